The smallest absolute Gasteiger partial charge is 0.303 e. The van der Waals surface area contributed by atoms with Crippen molar-refractivity contribution in [1.29, 1.82) is 0 Å². The van der Waals surface area contributed by atoms with Gasteiger partial charge in [-0.3, -0.25) is 4.52 Å². The van der Waals surface area contributed by atoms with E-state index in [4.69, 9.17) is 9.79 Å². The molecule has 0 aromatic carbocycles. The molecule has 0 aromatic heterocycles. The van der Waals surface area contributed by atoms with Crippen molar-refractivity contribution in [2.24, 2.45) is 0 Å². The van der Waals surface area contributed by atoms with Gasteiger partial charge in [-0.2, -0.15) is 0 Å². The van der Waals surface area contributed by atoms with Gasteiger partial charge in [0.2, 0.25) is 0 Å². The van der Waals surface area contributed by atoms with Crippen LogP contribution in [0.25, 0.3) is 0 Å². The minimum atomic E-state index is -4.27. The van der Waals surface area contributed by atoms with Crippen LogP contribution in [0.5, 0.6) is 0 Å². The lowest BCUT2D eigenvalue weighted by Gasteiger charge is -2.05. The molecular weight excluding hydrogens is 467 g/mol. The maximum Gasteiger partial charge on any atom is 0.469 e. The highest BCUT2D eigenvalue weighted by molar-refractivity contribution is 7.46. The monoisotopic (exact) mass is 532 g/mol. The van der Waals surface area contributed by atoms with E-state index in [9.17, 15) is 4.57 Å². The molecule has 218 valence electrons. The van der Waals surface area contributed by atoms with Gasteiger partial charge in [0.15, 0.2) is 0 Å². The summed E-state index contributed by atoms with van der Waals surface area (Å²) >= 11 is 0. The van der Waals surface area contributed by atoms with Crippen LogP contribution in [0.15, 0.2) is 0 Å². The molecule has 0 amide bonds. The lowest BCUT2D eigenvalue weighted by atomic mass is 10.0. The second-order valence-electron chi connectivity index (χ2n) is 11.2. The minimum absolute atomic E-state index is 0.170. The fraction of sp³-hybridized carbons (Fsp3) is 1.00. The Morgan fingerprint density at radius 1 is 0.389 bits per heavy atom. The summed E-state index contributed by atoms with van der Waals surface area (Å²) in [5.74, 6) is 0. The Morgan fingerprint density at radius 2 is 0.583 bits per heavy atom. The van der Waals surface area contributed by atoms with Crippen LogP contribution in [0.1, 0.15) is 193 Å². The third kappa shape index (κ3) is 34.1. The molecule has 0 rings (SSSR count). The quantitative estimate of drug-likeness (QED) is 0.0688. The van der Waals surface area contributed by atoms with E-state index in [0.717, 1.165) is 19.3 Å². The van der Waals surface area contributed by atoms with Crippen LogP contribution < -0.4 is 0 Å². The molecule has 0 aliphatic carbocycles. The Bertz CT molecular complexity index is 452. The fourth-order valence-electron chi connectivity index (χ4n) is 5.13. The molecule has 5 heteroatoms. The van der Waals surface area contributed by atoms with Crippen molar-refractivity contribution in [2.45, 2.75) is 193 Å². The number of phosphoric acid groups is 1. The van der Waals surface area contributed by atoms with Gasteiger partial charge in [0, 0.05) is 0 Å². The van der Waals surface area contributed by atoms with Gasteiger partial charge in [0.05, 0.1) is 6.61 Å². The van der Waals surface area contributed by atoms with Crippen molar-refractivity contribution < 1.29 is 18.9 Å². The summed E-state index contributed by atoms with van der Waals surface area (Å²) in [4.78, 5) is 17.2. The van der Waals surface area contributed by atoms with Crippen molar-refractivity contribution >= 4 is 7.82 Å². The fourth-order valence-corrected chi connectivity index (χ4v) is 5.50. The molecule has 0 radical (unpaired) electrons. The van der Waals surface area contributed by atoms with Crippen LogP contribution in [0.3, 0.4) is 0 Å². The Kier molecular flexibility index (Phi) is 29.8. The lowest BCUT2D eigenvalue weighted by Crippen LogP contribution is -1.92. The van der Waals surface area contributed by atoms with Gasteiger partial charge < -0.3 is 9.79 Å². The highest BCUT2D eigenvalue weighted by atomic mass is 31.2. The predicted molar refractivity (Wildman–Crippen MR) is 158 cm³/mol. The topological polar surface area (TPSA) is 66.8 Å². The molecule has 0 fully saturated rings. The van der Waals surface area contributed by atoms with Crippen LogP contribution >= 0.6 is 7.82 Å². The first kappa shape index (κ1) is 36.1. The van der Waals surface area contributed by atoms with Crippen LogP contribution in [0.4, 0.5) is 0 Å². The maximum absolute atomic E-state index is 10.6. The van der Waals surface area contributed by atoms with Gasteiger partial charge in [-0.15, -0.1) is 0 Å². The molecule has 36 heavy (non-hydrogen) atoms. The first-order valence-electron chi connectivity index (χ1n) is 16.3. The number of hydrogen-bond acceptors (Lipinski definition) is 2. The molecule has 4 nitrogen and oxygen atoms in total. The zero-order valence-corrected chi connectivity index (χ0v) is 25.3. The highest BCUT2D eigenvalue weighted by Crippen LogP contribution is 2.35. The van der Waals surface area contributed by atoms with E-state index in [1.165, 1.54) is 167 Å². The van der Waals surface area contributed by atoms with Crippen molar-refractivity contribution in [3.63, 3.8) is 0 Å². The summed E-state index contributed by atoms with van der Waals surface area (Å²) in [7, 11) is -4.27. The Labute approximate surface area is 226 Å². The second kappa shape index (κ2) is 29.7. The average molecular weight is 533 g/mol. The van der Waals surface area contributed by atoms with Crippen LogP contribution in [0, 0.1) is 0 Å². The third-order valence-electron chi connectivity index (χ3n) is 7.51. The molecule has 0 aromatic rings. The SMILES string of the molecule is CCCCCCCCCCCCCCCCCCCCCCCCCCCCCCCOP(=O)(O)O. The van der Waals surface area contributed by atoms with Crippen molar-refractivity contribution in [3.8, 4) is 0 Å². The molecule has 0 heterocycles. The van der Waals surface area contributed by atoms with Gasteiger partial charge in [-0.05, 0) is 6.42 Å². The Hall–Kier alpha value is 0.110. The van der Waals surface area contributed by atoms with Gasteiger partial charge in [0.25, 0.3) is 0 Å². The molecule has 0 atom stereocenters. The predicted octanol–water partition coefficient (Wildman–Crippen LogP) is 11.4. The van der Waals surface area contributed by atoms with E-state index < -0.39 is 7.82 Å². The van der Waals surface area contributed by atoms with E-state index in [-0.39, 0.29) is 6.61 Å². The zero-order chi connectivity index (χ0) is 26.4. The second-order valence-corrected chi connectivity index (χ2v) is 12.5. The number of unbranched alkanes of at least 4 members (excludes halogenated alkanes) is 28. The Balaban J connectivity index is 3.04. The molecule has 2 N–H and O–H groups in total. The van der Waals surface area contributed by atoms with E-state index in [1.54, 1.807) is 0 Å². The van der Waals surface area contributed by atoms with E-state index >= 15 is 0 Å². The molecule has 0 saturated carbocycles. The van der Waals surface area contributed by atoms with Gasteiger partial charge >= 0.3 is 7.82 Å². The lowest BCUT2D eigenvalue weighted by molar-refractivity contribution is 0.193. The molecule has 0 saturated heterocycles. The van der Waals surface area contributed by atoms with Gasteiger partial charge in [-0.1, -0.05) is 187 Å². The van der Waals surface area contributed by atoms with E-state index in [1.807, 2.05) is 0 Å². The van der Waals surface area contributed by atoms with Gasteiger partial charge in [-0.25, -0.2) is 4.57 Å². The molecule has 0 aliphatic heterocycles. The van der Waals surface area contributed by atoms with E-state index in [0.29, 0.717) is 0 Å². The molecule has 0 bridgehead atoms. The molecular formula is C31H65O4P. The first-order chi connectivity index (χ1) is 17.6. The average Bonchev–Trinajstić information content (AvgIpc) is 2.84. The molecule has 0 unspecified atom stereocenters. The number of phosphoric ester groups is 1. The molecule has 0 spiro atoms. The normalized spacial score (nSPS) is 12.0. The first-order valence-corrected chi connectivity index (χ1v) is 17.8. The minimum Gasteiger partial charge on any atom is -0.303 e. The van der Waals surface area contributed by atoms with Crippen LogP contribution in [-0.2, 0) is 9.09 Å². The van der Waals surface area contributed by atoms with Crippen LogP contribution in [-0.4, -0.2) is 16.4 Å². The summed E-state index contributed by atoms with van der Waals surface area (Å²) in [6.07, 6.45) is 39.9. The maximum atomic E-state index is 10.6. The highest BCUT2D eigenvalue weighted by Gasteiger charge is 2.12. The summed E-state index contributed by atoms with van der Waals surface area (Å²) in [5, 5.41) is 0. The van der Waals surface area contributed by atoms with Crippen molar-refractivity contribution in [2.75, 3.05) is 6.61 Å². The summed E-state index contributed by atoms with van der Waals surface area (Å²) in [6.45, 7) is 2.47. The van der Waals surface area contributed by atoms with E-state index in [2.05, 4.69) is 11.4 Å². The number of hydrogen-bond donors (Lipinski definition) is 2. The van der Waals surface area contributed by atoms with Gasteiger partial charge in [0.1, 0.15) is 0 Å². The van der Waals surface area contributed by atoms with Crippen LogP contribution in [0.2, 0.25) is 0 Å². The third-order valence-corrected chi connectivity index (χ3v) is 8.03. The summed E-state index contributed by atoms with van der Waals surface area (Å²) in [6, 6.07) is 0. The summed E-state index contributed by atoms with van der Waals surface area (Å²) < 4.78 is 15.0. The summed E-state index contributed by atoms with van der Waals surface area (Å²) in [5.41, 5.74) is 0. The number of rotatable bonds is 31. The molecule has 0 aliphatic rings. The zero-order valence-electron chi connectivity index (χ0n) is 24.4. The van der Waals surface area contributed by atoms with Crippen molar-refractivity contribution in [1.82, 2.24) is 0 Å². The largest absolute Gasteiger partial charge is 0.469 e. The Morgan fingerprint density at radius 3 is 0.778 bits per heavy atom. The standard InChI is InChI=1S/C31H65O4P/c1-2-3-4-5-6-7-8-9-10-11-12-13-14-15-16-17-18-19-20-21-22-23-24-25-26-27-28-29-30-31-35-36(32,33)34/h2-31H2,1H3,(H2,32,33,34). The van der Waals surface area contributed by atoms with Crippen molar-refractivity contribution in [3.05, 3.63) is 0 Å².